The molecule has 2 aromatic carbocycles. The lowest BCUT2D eigenvalue weighted by atomic mass is 9.73. The Morgan fingerprint density at radius 3 is 2.67 bits per heavy atom. The van der Waals surface area contributed by atoms with Crippen LogP contribution in [-0.4, -0.2) is 26.2 Å². The standard InChI is InChI=1S/C23H27NO3/c1-26-19-10-11-20-17(16-19)6-5-9-21(20)24-22(25)23(12-14-27-15-13-23)18-7-3-2-4-8-18/h2-4,7-8,10-11,16,21H,5-6,9,12-15H2,1H3,(H,24,25). The molecule has 1 saturated heterocycles. The number of ether oxygens (including phenoxy) is 2. The molecule has 4 heteroatoms. The van der Waals surface area contributed by atoms with Gasteiger partial charge in [0.2, 0.25) is 5.91 Å². The number of rotatable bonds is 4. The van der Waals surface area contributed by atoms with Gasteiger partial charge in [-0.1, -0.05) is 36.4 Å². The molecule has 1 fully saturated rings. The fourth-order valence-electron chi connectivity index (χ4n) is 4.49. The minimum Gasteiger partial charge on any atom is -0.497 e. The highest BCUT2D eigenvalue weighted by molar-refractivity contribution is 5.88. The van der Waals surface area contributed by atoms with Crippen LogP contribution in [0.4, 0.5) is 0 Å². The van der Waals surface area contributed by atoms with Gasteiger partial charge in [0.25, 0.3) is 0 Å². The van der Waals surface area contributed by atoms with Gasteiger partial charge in [0.15, 0.2) is 0 Å². The van der Waals surface area contributed by atoms with Crippen molar-refractivity contribution in [3.63, 3.8) is 0 Å². The minimum absolute atomic E-state index is 0.0654. The zero-order chi connectivity index (χ0) is 18.7. The Bertz CT molecular complexity index is 797. The molecule has 142 valence electrons. The lowest BCUT2D eigenvalue weighted by molar-refractivity contribution is -0.131. The molecule has 4 rings (SSSR count). The Labute approximate surface area is 160 Å². The molecule has 1 heterocycles. The van der Waals surface area contributed by atoms with Crippen LogP contribution in [0, 0.1) is 0 Å². The molecule has 0 aromatic heterocycles. The molecule has 4 nitrogen and oxygen atoms in total. The lowest BCUT2D eigenvalue weighted by Gasteiger charge is -2.38. The van der Waals surface area contributed by atoms with Gasteiger partial charge in [-0.2, -0.15) is 0 Å². The maximum Gasteiger partial charge on any atom is 0.231 e. The number of hydrogen-bond acceptors (Lipinski definition) is 3. The summed E-state index contributed by atoms with van der Waals surface area (Å²) in [5.74, 6) is 1.01. The van der Waals surface area contributed by atoms with Crippen LogP contribution in [0.2, 0.25) is 0 Å². The van der Waals surface area contributed by atoms with Gasteiger partial charge in [0.1, 0.15) is 5.75 Å². The summed E-state index contributed by atoms with van der Waals surface area (Å²) in [7, 11) is 1.69. The number of methoxy groups -OCH3 is 1. The number of fused-ring (bicyclic) bond motifs is 1. The maximum atomic E-state index is 13.5. The Hall–Kier alpha value is -2.33. The second-order valence-corrected chi connectivity index (χ2v) is 7.54. The SMILES string of the molecule is COc1ccc2c(c1)CCCC2NC(=O)C1(c2ccccc2)CCOCC1. The molecule has 0 bridgehead atoms. The minimum atomic E-state index is -0.496. The summed E-state index contributed by atoms with van der Waals surface area (Å²) in [6.45, 7) is 1.25. The first-order chi connectivity index (χ1) is 13.2. The summed E-state index contributed by atoms with van der Waals surface area (Å²) in [5, 5.41) is 3.39. The van der Waals surface area contributed by atoms with E-state index in [1.807, 2.05) is 24.3 Å². The highest BCUT2D eigenvalue weighted by Gasteiger charge is 2.42. The summed E-state index contributed by atoms with van der Waals surface area (Å²) < 4.78 is 10.9. The predicted molar refractivity (Wildman–Crippen MR) is 105 cm³/mol. The van der Waals surface area contributed by atoms with Gasteiger partial charge in [-0.15, -0.1) is 0 Å². The summed E-state index contributed by atoms with van der Waals surface area (Å²) in [5.41, 5.74) is 3.11. The molecular weight excluding hydrogens is 338 g/mol. The summed E-state index contributed by atoms with van der Waals surface area (Å²) in [6, 6.07) is 16.4. The third kappa shape index (κ3) is 3.46. The Morgan fingerprint density at radius 1 is 1.15 bits per heavy atom. The van der Waals surface area contributed by atoms with Crippen molar-refractivity contribution in [3.8, 4) is 5.75 Å². The van der Waals surface area contributed by atoms with E-state index in [2.05, 4.69) is 29.6 Å². The van der Waals surface area contributed by atoms with Gasteiger partial charge >= 0.3 is 0 Å². The Morgan fingerprint density at radius 2 is 1.93 bits per heavy atom. The summed E-state index contributed by atoms with van der Waals surface area (Å²) in [4.78, 5) is 13.5. The molecule has 27 heavy (non-hydrogen) atoms. The Kier molecular flexibility index (Phi) is 5.17. The second-order valence-electron chi connectivity index (χ2n) is 7.54. The van der Waals surface area contributed by atoms with Crippen molar-refractivity contribution < 1.29 is 14.3 Å². The smallest absolute Gasteiger partial charge is 0.231 e. The quantitative estimate of drug-likeness (QED) is 0.893. The van der Waals surface area contributed by atoms with Crippen molar-refractivity contribution in [2.45, 2.75) is 43.6 Å². The third-order valence-corrected chi connectivity index (χ3v) is 6.08. The predicted octanol–water partition coefficient (Wildman–Crippen LogP) is 3.94. The average molecular weight is 365 g/mol. The van der Waals surface area contributed by atoms with Crippen LogP contribution in [-0.2, 0) is 21.4 Å². The first-order valence-electron chi connectivity index (χ1n) is 9.84. The average Bonchev–Trinajstić information content (AvgIpc) is 2.74. The first kappa shape index (κ1) is 18.1. The van der Waals surface area contributed by atoms with Crippen LogP contribution in [0.15, 0.2) is 48.5 Å². The van der Waals surface area contributed by atoms with Crippen molar-refractivity contribution in [2.24, 2.45) is 0 Å². The van der Waals surface area contributed by atoms with Crippen LogP contribution < -0.4 is 10.1 Å². The fraction of sp³-hybridized carbons (Fsp3) is 0.435. The normalized spacial score (nSPS) is 21.1. The molecule has 1 atom stereocenters. The number of carbonyl (C=O) groups is 1. The second kappa shape index (κ2) is 7.73. The largest absolute Gasteiger partial charge is 0.497 e. The van der Waals surface area contributed by atoms with Gasteiger partial charge in [0.05, 0.1) is 18.6 Å². The van der Waals surface area contributed by atoms with Crippen molar-refractivity contribution >= 4 is 5.91 Å². The van der Waals surface area contributed by atoms with E-state index in [0.29, 0.717) is 13.2 Å². The zero-order valence-corrected chi connectivity index (χ0v) is 15.9. The van der Waals surface area contributed by atoms with E-state index in [0.717, 1.165) is 43.4 Å². The molecule has 1 aliphatic carbocycles. The maximum absolute atomic E-state index is 13.5. The van der Waals surface area contributed by atoms with Crippen LogP contribution in [0.25, 0.3) is 0 Å². The van der Waals surface area contributed by atoms with E-state index in [-0.39, 0.29) is 11.9 Å². The molecule has 0 radical (unpaired) electrons. The monoisotopic (exact) mass is 365 g/mol. The summed E-state index contributed by atoms with van der Waals surface area (Å²) in [6.07, 6.45) is 4.55. The highest BCUT2D eigenvalue weighted by atomic mass is 16.5. The molecule has 2 aliphatic rings. The fourth-order valence-corrected chi connectivity index (χ4v) is 4.49. The highest BCUT2D eigenvalue weighted by Crippen LogP contribution is 2.38. The first-order valence-corrected chi connectivity index (χ1v) is 9.84. The molecule has 0 spiro atoms. The lowest BCUT2D eigenvalue weighted by Crippen LogP contribution is -2.49. The number of benzene rings is 2. The third-order valence-electron chi connectivity index (χ3n) is 6.08. The van der Waals surface area contributed by atoms with E-state index in [1.165, 1.54) is 11.1 Å². The molecule has 1 aliphatic heterocycles. The van der Waals surface area contributed by atoms with Crippen molar-refractivity contribution in [2.75, 3.05) is 20.3 Å². The van der Waals surface area contributed by atoms with Crippen LogP contribution in [0.1, 0.15) is 48.4 Å². The molecule has 1 unspecified atom stereocenters. The van der Waals surface area contributed by atoms with Crippen LogP contribution >= 0.6 is 0 Å². The molecule has 1 amide bonds. The number of aryl methyl sites for hydroxylation is 1. The number of nitrogens with one attached hydrogen (secondary N) is 1. The van der Waals surface area contributed by atoms with Crippen molar-refractivity contribution in [1.82, 2.24) is 5.32 Å². The van der Waals surface area contributed by atoms with E-state index < -0.39 is 5.41 Å². The Balaban J connectivity index is 1.61. The van der Waals surface area contributed by atoms with Gasteiger partial charge < -0.3 is 14.8 Å². The molecule has 1 N–H and O–H groups in total. The van der Waals surface area contributed by atoms with Crippen LogP contribution in [0.3, 0.4) is 0 Å². The van der Waals surface area contributed by atoms with Crippen molar-refractivity contribution in [1.29, 1.82) is 0 Å². The van der Waals surface area contributed by atoms with Gasteiger partial charge in [-0.25, -0.2) is 0 Å². The van der Waals surface area contributed by atoms with E-state index in [4.69, 9.17) is 9.47 Å². The van der Waals surface area contributed by atoms with Gasteiger partial charge in [-0.05, 0) is 60.9 Å². The molecule has 0 saturated carbocycles. The number of carbonyl (C=O) groups excluding carboxylic acids is 1. The van der Waals surface area contributed by atoms with Gasteiger partial charge in [-0.3, -0.25) is 4.79 Å². The zero-order valence-electron chi connectivity index (χ0n) is 15.9. The molecular formula is C23H27NO3. The van der Waals surface area contributed by atoms with E-state index in [1.54, 1.807) is 7.11 Å². The number of hydrogen-bond donors (Lipinski definition) is 1. The molecule has 2 aromatic rings. The van der Waals surface area contributed by atoms with E-state index >= 15 is 0 Å². The van der Waals surface area contributed by atoms with E-state index in [9.17, 15) is 4.79 Å². The topological polar surface area (TPSA) is 47.6 Å². The van der Waals surface area contributed by atoms with Gasteiger partial charge in [0, 0.05) is 13.2 Å². The van der Waals surface area contributed by atoms with Crippen molar-refractivity contribution in [3.05, 3.63) is 65.2 Å². The summed E-state index contributed by atoms with van der Waals surface area (Å²) >= 11 is 0. The van der Waals surface area contributed by atoms with Crippen LogP contribution in [0.5, 0.6) is 5.75 Å². The number of amides is 1.